The molecule has 0 unspecified atom stereocenters. The average molecular weight is 286 g/mol. The van der Waals surface area contributed by atoms with Crippen molar-refractivity contribution < 1.29 is 9.72 Å². The highest BCUT2D eigenvalue weighted by molar-refractivity contribution is 6.09. The van der Waals surface area contributed by atoms with Gasteiger partial charge in [-0.1, -0.05) is 6.07 Å². The Morgan fingerprint density at radius 2 is 1.95 bits per heavy atom. The van der Waals surface area contributed by atoms with Crippen LogP contribution >= 0.6 is 0 Å². The monoisotopic (exact) mass is 286 g/mol. The molecule has 7 heteroatoms. The van der Waals surface area contributed by atoms with E-state index in [-0.39, 0.29) is 11.3 Å². The lowest BCUT2D eigenvalue weighted by Gasteiger charge is -2.17. The predicted octanol–water partition coefficient (Wildman–Crippen LogP) is 2.31. The van der Waals surface area contributed by atoms with Crippen molar-refractivity contribution in [2.45, 2.75) is 0 Å². The molecule has 21 heavy (non-hydrogen) atoms. The maximum Gasteiger partial charge on any atom is 0.305 e. The molecule has 1 aromatic heterocycles. The molecule has 1 heterocycles. The van der Waals surface area contributed by atoms with E-state index in [2.05, 4.69) is 10.3 Å². The highest BCUT2D eigenvalue weighted by atomic mass is 16.6. The predicted molar refractivity (Wildman–Crippen MR) is 79.6 cm³/mol. The number of pyridine rings is 1. The molecule has 7 nitrogen and oxygen atoms in total. The van der Waals surface area contributed by atoms with Crippen LogP contribution in [0.1, 0.15) is 10.4 Å². The standard InChI is InChI=1S/C14H14N4O3/c1-15-12-5-3-4-11(13(12)18(20)21)14(19)17(2)10-6-8-16-9-7-10/h3-9,15H,1-2H3. The van der Waals surface area contributed by atoms with Crippen LogP contribution in [0.5, 0.6) is 0 Å². The first-order chi connectivity index (χ1) is 10.1. The maximum absolute atomic E-state index is 12.5. The van der Waals surface area contributed by atoms with E-state index in [1.807, 2.05) is 0 Å². The average Bonchev–Trinajstić information content (AvgIpc) is 2.53. The zero-order chi connectivity index (χ0) is 15.4. The molecular weight excluding hydrogens is 272 g/mol. The van der Waals surface area contributed by atoms with Crippen LogP contribution in [0.2, 0.25) is 0 Å². The summed E-state index contributed by atoms with van der Waals surface area (Å²) < 4.78 is 0. The van der Waals surface area contributed by atoms with E-state index in [0.29, 0.717) is 11.4 Å². The van der Waals surface area contributed by atoms with Gasteiger partial charge in [-0.3, -0.25) is 19.9 Å². The van der Waals surface area contributed by atoms with Gasteiger partial charge in [-0.05, 0) is 24.3 Å². The fraction of sp³-hybridized carbons (Fsp3) is 0.143. The maximum atomic E-state index is 12.5. The number of carbonyl (C=O) groups excluding carboxylic acids is 1. The molecule has 0 spiro atoms. The van der Waals surface area contributed by atoms with Crippen LogP contribution in [0, 0.1) is 10.1 Å². The number of hydrogen-bond acceptors (Lipinski definition) is 5. The van der Waals surface area contributed by atoms with Crippen molar-refractivity contribution in [3.63, 3.8) is 0 Å². The summed E-state index contributed by atoms with van der Waals surface area (Å²) in [4.78, 5) is 28.4. The van der Waals surface area contributed by atoms with Crippen LogP contribution in [-0.4, -0.2) is 29.9 Å². The smallest absolute Gasteiger partial charge is 0.305 e. The molecule has 0 bridgehead atoms. The lowest BCUT2D eigenvalue weighted by molar-refractivity contribution is -0.384. The number of nitrogens with one attached hydrogen (secondary N) is 1. The molecule has 2 rings (SSSR count). The summed E-state index contributed by atoms with van der Waals surface area (Å²) in [6.07, 6.45) is 3.11. The Hall–Kier alpha value is -2.96. The minimum absolute atomic E-state index is 0.0335. The van der Waals surface area contributed by atoms with Crippen molar-refractivity contribution in [2.75, 3.05) is 24.3 Å². The third kappa shape index (κ3) is 2.81. The molecule has 1 amide bonds. The van der Waals surface area contributed by atoms with Gasteiger partial charge in [0.25, 0.3) is 5.91 Å². The summed E-state index contributed by atoms with van der Waals surface area (Å²) in [6.45, 7) is 0. The molecule has 2 aromatic rings. The SMILES string of the molecule is CNc1cccc(C(=O)N(C)c2ccncc2)c1[N+](=O)[O-]. The van der Waals surface area contributed by atoms with E-state index in [4.69, 9.17) is 0 Å². The zero-order valence-electron chi connectivity index (χ0n) is 11.6. The molecule has 0 aliphatic carbocycles. The van der Waals surface area contributed by atoms with Gasteiger partial charge in [-0.25, -0.2) is 0 Å². The van der Waals surface area contributed by atoms with Crippen LogP contribution in [0.25, 0.3) is 0 Å². The first-order valence-electron chi connectivity index (χ1n) is 6.19. The number of amides is 1. The Kier molecular flexibility index (Phi) is 4.13. The van der Waals surface area contributed by atoms with Crippen LogP contribution in [-0.2, 0) is 0 Å². The summed E-state index contributed by atoms with van der Waals surface area (Å²) in [5.41, 5.74) is 0.713. The first kappa shape index (κ1) is 14.4. The lowest BCUT2D eigenvalue weighted by Crippen LogP contribution is -2.27. The topological polar surface area (TPSA) is 88.4 Å². The number of aromatic nitrogens is 1. The molecule has 0 fully saturated rings. The van der Waals surface area contributed by atoms with Gasteiger partial charge in [-0.2, -0.15) is 0 Å². The third-order valence-electron chi connectivity index (χ3n) is 3.07. The van der Waals surface area contributed by atoms with Crippen molar-refractivity contribution in [1.29, 1.82) is 0 Å². The molecule has 0 saturated heterocycles. The second kappa shape index (κ2) is 6.00. The number of anilines is 2. The Balaban J connectivity index is 2.47. The van der Waals surface area contributed by atoms with E-state index in [9.17, 15) is 14.9 Å². The van der Waals surface area contributed by atoms with Gasteiger partial charge < -0.3 is 10.2 Å². The molecule has 1 aromatic carbocycles. The summed E-state index contributed by atoms with van der Waals surface area (Å²) in [7, 11) is 3.14. The van der Waals surface area contributed by atoms with E-state index >= 15 is 0 Å². The van der Waals surface area contributed by atoms with Gasteiger partial charge in [0.15, 0.2) is 0 Å². The molecule has 0 atom stereocenters. The van der Waals surface area contributed by atoms with Crippen LogP contribution < -0.4 is 10.2 Å². The molecule has 1 N–H and O–H groups in total. The number of nitro benzene ring substituents is 1. The molecule has 108 valence electrons. The number of hydrogen-bond donors (Lipinski definition) is 1. The van der Waals surface area contributed by atoms with Crippen molar-refractivity contribution in [2.24, 2.45) is 0 Å². The van der Waals surface area contributed by atoms with Crippen molar-refractivity contribution >= 4 is 23.0 Å². The normalized spacial score (nSPS) is 10.0. The molecule has 0 radical (unpaired) electrons. The summed E-state index contributed by atoms with van der Waals surface area (Å²) in [5.74, 6) is -0.454. The third-order valence-corrected chi connectivity index (χ3v) is 3.07. The summed E-state index contributed by atoms with van der Waals surface area (Å²) >= 11 is 0. The van der Waals surface area contributed by atoms with E-state index in [1.54, 1.807) is 50.8 Å². The largest absolute Gasteiger partial charge is 0.383 e. The Morgan fingerprint density at radius 3 is 2.52 bits per heavy atom. The first-order valence-corrected chi connectivity index (χ1v) is 6.19. The van der Waals surface area contributed by atoms with Gasteiger partial charge in [0.05, 0.1) is 4.92 Å². The number of para-hydroxylation sites is 1. The summed E-state index contributed by atoms with van der Waals surface area (Å²) in [5, 5.41) is 14.0. The fourth-order valence-corrected chi connectivity index (χ4v) is 1.98. The zero-order valence-corrected chi connectivity index (χ0v) is 11.6. The van der Waals surface area contributed by atoms with Gasteiger partial charge in [-0.15, -0.1) is 0 Å². The second-order valence-corrected chi connectivity index (χ2v) is 4.28. The van der Waals surface area contributed by atoms with E-state index in [1.165, 1.54) is 11.0 Å². The van der Waals surface area contributed by atoms with Gasteiger partial charge in [0.2, 0.25) is 0 Å². The van der Waals surface area contributed by atoms with Gasteiger partial charge in [0, 0.05) is 32.2 Å². The Morgan fingerprint density at radius 1 is 1.29 bits per heavy atom. The molecule has 0 aliphatic rings. The number of nitrogens with zero attached hydrogens (tertiary/aromatic N) is 3. The highest BCUT2D eigenvalue weighted by Crippen LogP contribution is 2.29. The molecular formula is C14H14N4O3. The fourth-order valence-electron chi connectivity index (χ4n) is 1.98. The van der Waals surface area contributed by atoms with E-state index in [0.717, 1.165) is 0 Å². The van der Waals surface area contributed by atoms with Crippen molar-refractivity contribution in [3.05, 3.63) is 58.4 Å². The minimum Gasteiger partial charge on any atom is -0.383 e. The van der Waals surface area contributed by atoms with Gasteiger partial charge in [0.1, 0.15) is 11.3 Å². The molecule has 0 aliphatic heterocycles. The molecule has 0 saturated carbocycles. The van der Waals surface area contributed by atoms with Crippen molar-refractivity contribution in [1.82, 2.24) is 4.98 Å². The van der Waals surface area contributed by atoms with Gasteiger partial charge >= 0.3 is 5.69 Å². The number of carbonyl (C=O) groups is 1. The Bertz CT molecular complexity index is 673. The number of rotatable bonds is 4. The van der Waals surface area contributed by atoms with Crippen LogP contribution in [0.3, 0.4) is 0 Å². The lowest BCUT2D eigenvalue weighted by atomic mass is 10.1. The highest BCUT2D eigenvalue weighted by Gasteiger charge is 2.26. The van der Waals surface area contributed by atoms with Crippen LogP contribution in [0.15, 0.2) is 42.7 Å². The number of nitro groups is 1. The van der Waals surface area contributed by atoms with Crippen molar-refractivity contribution in [3.8, 4) is 0 Å². The van der Waals surface area contributed by atoms with Crippen LogP contribution in [0.4, 0.5) is 17.1 Å². The minimum atomic E-state index is -0.556. The second-order valence-electron chi connectivity index (χ2n) is 4.28. The summed E-state index contributed by atoms with van der Waals surface area (Å²) in [6, 6.07) is 7.92. The Labute approximate surface area is 121 Å². The number of benzene rings is 1. The van der Waals surface area contributed by atoms with E-state index < -0.39 is 10.8 Å². The quantitative estimate of drug-likeness (QED) is 0.688.